The third-order valence-corrected chi connectivity index (χ3v) is 2.96. The lowest BCUT2D eigenvalue weighted by Crippen LogP contribution is -2.19. The Kier molecular flexibility index (Phi) is 4.20. The van der Waals surface area contributed by atoms with E-state index in [9.17, 15) is 9.59 Å². The van der Waals surface area contributed by atoms with Crippen molar-refractivity contribution in [2.75, 3.05) is 6.61 Å². The highest BCUT2D eigenvalue weighted by Gasteiger charge is 2.17. The van der Waals surface area contributed by atoms with E-state index in [1.165, 1.54) is 0 Å². The Labute approximate surface area is 112 Å². The van der Waals surface area contributed by atoms with Crippen molar-refractivity contribution in [1.82, 2.24) is 0 Å². The predicted molar refractivity (Wildman–Crippen MR) is 70.4 cm³/mol. The number of hydrogen-bond donors (Lipinski definition) is 0. The van der Waals surface area contributed by atoms with Crippen molar-refractivity contribution in [3.8, 4) is 5.75 Å². The van der Waals surface area contributed by atoms with Crippen LogP contribution in [0.3, 0.4) is 0 Å². The van der Waals surface area contributed by atoms with Gasteiger partial charge in [0.15, 0.2) is 12.4 Å². The van der Waals surface area contributed by atoms with E-state index < -0.39 is 5.97 Å². The topological polar surface area (TPSA) is 52.6 Å². The van der Waals surface area contributed by atoms with Crippen LogP contribution in [0.15, 0.2) is 18.2 Å². The Hall–Kier alpha value is -1.84. The molecule has 4 nitrogen and oxygen atoms in total. The number of esters is 1. The summed E-state index contributed by atoms with van der Waals surface area (Å²) < 4.78 is 10.3. The summed E-state index contributed by atoms with van der Waals surface area (Å²) in [5.41, 5.74) is 1.79. The van der Waals surface area contributed by atoms with Gasteiger partial charge >= 0.3 is 5.97 Å². The van der Waals surface area contributed by atoms with Crippen molar-refractivity contribution in [2.24, 2.45) is 0 Å². The summed E-state index contributed by atoms with van der Waals surface area (Å²) in [5.74, 6) is 0.283. The number of ether oxygens (including phenoxy) is 2. The molecule has 1 aliphatic rings. The molecule has 0 saturated carbocycles. The molecule has 0 bridgehead atoms. The third kappa shape index (κ3) is 3.56. The Morgan fingerprint density at radius 1 is 1.32 bits per heavy atom. The first kappa shape index (κ1) is 13.6. The molecule has 1 aromatic carbocycles. The Bertz CT molecular complexity index is 491. The van der Waals surface area contributed by atoms with Crippen LogP contribution in [0.5, 0.6) is 5.75 Å². The fourth-order valence-electron chi connectivity index (χ4n) is 2.14. The molecule has 0 heterocycles. The molecule has 1 aliphatic carbocycles. The van der Waals surface area contributed by atoms with Crippen molar-refractivity contribution >= 4 is 11.8 Å². The van der Waals surface area contributed by atoms with E-state index in [1.807, 2.05) is 6.07 Å². The number of benzene rings is 1. The van der Waals surface area contributed by atoms with Crippen molar-refractivity contribution in [3.63, 3.8) is 0 Å². The SMILES string of the molecule is CC(C)OC(=O)COc1ccc2c(c1)C(=O)CCC2. The van der Waals surface area contributed by atoms with Gasteiger partial charge in [0.25, 0.3) is 0 Å². The Balaban J connectivity index is 2.00. The second-order valence-corrected chi connectivity index (χ2v) is 4.92. The van der Waals surface area contributed by atoms with Crippen molar-refractivity contribution in [2.45, 2.75) is 39.2 Å². The van der Waals surface area contributed by atoms with Crippen molar-refractivity contribution < 1.29 is 19.1 Å². The molecular weight excluding hydrogens is 244 g/mol. The number of hydrogen-bond acceptors (Lipinski definition) is 4. The van der Waals surface area contributed by atoms with Gasteiger partial charge in [-0.2, -0.15) is 0 Å². The summed E-state index contributed by atoms with van der Waals surface area (Å²) in [5, 5.41) is 0. The number of fused-ring (bicyclic) bond motifs is 1. The summed E-state index contributed by atoms with van der Waals surface area (Å²) in [7, 11) is 0. The average molecular weight is 262 g/mol. The number of aryl methyl sites for hydroxylation is 1. The highest BCUT2D eigenvalue weighted by molar-refractivity contribution is 5.98. The maximum absolute atomic E-state index is 11.8. The van der Waals surface area contributed by atoms with Gasteiger partial charge < -0.3 is 9.47 Å². The first-order valence-corrected chi connectivity index (χ1v) is 6.54. The van der Waals surface area contributed by atoms with Crippen LogP contribution in [0.4, 0.5) is 0 Å². The lowest BCUT2D eigenvalue weighted by atomic mass is 9.90. The predicted octanol–water partition coefficient (Wildman–Crippen LogP) is 2.54. The van der Waals surface area contributed by atoms with Gasteiger partial charge in [0.1, 0.15) is 5.75 Å². The molecule has 0 fully saturated rings. The zero-order chi connectivity index (χ0) is 13.8. The van der Waals surface area contributed by atoms with E-state index in [1.54, 1.807) is 26.0 Å². The van der Waals surface area contributed by atoms with Gasteiger partial charge in [-0.15, -0.1) is 0 Å². The fourth-order valence-corrected chi connectivity index (χ4v) is 2.14. The highest BCUT2D eigenvalue weighted by atomic mass is 16.6. The van der Waals surface area contributed by atoms with E-state index >= 15 is 0 Å². The second kappa shape index (κ2) is 5.87. The minimum atomic E-state index is -0.404. The zero-order valence-electron chi connectivity index (χ0n) is 11.3. The van der Waals surface area contributed by atoms with Gasteiger partial charge in [0, 0.05) is 12.0 Å². The maximum atomic E-state index is 11.8. The molecule has 0 aliphatic heterocycles. The smallest absolute Gasteiger partial charge is 0.344 e. The molecule has 102 valence electrons. The summed E-state index contributed by atoms with van der Waals surface area (Å²) in [6, 6.07) is 5.41. The van der Waals surface area contributed by atoms with Crippen LogP contribution >= 0.6 is 0 Å². The van der Waals surface area contributed by atoms with E-state index in [-0.39, 0.29) is 18.5 Å². The monoisotopic (exact) mass is 262 g/mol. The van der Waals surface area contributed by atoms with Gasteiger partial charge in [-0.25, -0.2) is 4.79 Å². The summed E-state index contributed by atoms with van der Waals surface area (Å²) >= 11 is 0. The normalized spacial score (nSPS) is 14.2. The van der Waals surface area contributed by atoms with Crippen LogP contribution in [0, 0.1) is 0 Å². The van der Waals surface area contributed by atoms with E-state index in [0.717, 1.165) is 24.0 Å². The molecule has 0 amide bonds. The molecule has 1 aromatic rings. The van der Waals surface area contributed by atoms with E-state index in [4.69, 9.17) is 9.47 Å². The number of ketones is 1. The van der Waals surface area contributed by atoms with Crippen molar-refractivity contribution in [1.29, 1.82) is 0 Å². The van der Waals surface area contributed by atoms with Crippen LogP contribution in [0.1, 0.15) is 42.6 Å². The third-order valence-electron chi connectivity index (χ3n) is 2.96. The average Bonchev–Trinajstić information content (AvgIpc) is 2.36. The van der Waals surface area contributed by atoms with Crippen LogP contribution in [-0.4, -0.2) is 24.5 Å². The standard InChI is InChI=1S/C15H18O4/c1-10(2)19-15(17)9-18-12-7-6-11-4-3-5-14(16)13(11)8-12/h6-8,10H,3-5,9H2,1-2H3. The molecule has 2 rings (SSSR count). The van der Waals surface area contributed by atoms with Crippen LogP contribution in [-0.2, 0) is 16.0 Å². The minimum Gasteiger partial charge on any atom is -0.482 e. The Morgan fingerprint density at radius 2 is 2.11 bits per heavy atom. The number of carbonyl (C=O) groups is 2. The molecular formula is C15H18O4. The number of Topliss-reactive ketones (excluding diaryl/α,β-unsaturated/α-hetero) is 1. The van der Waals surface area contributed by atoms with Crippen LogP contribution in [0.2, 0.25) is 0 Å². The lowest BCUT2D eigenvalue weighted by molar-refractivity contribution is -0.149. The molecule has 0 atom stereocenters. The fraction of sp³-hybridized carbons (Fsp3) is 0.467. The quantitative estimate of drug-likeness (QED) is 0.782. The summed E-state index contributed by atoms with van der Waals surface area (Å²) in [6.45, 7) is 3.44. The first-order valence-electron chi connectivity index (χ1n) is 6.54. The van der Waals surface area contributed by atoms with Gasteiger partial charge in [0.05, 0.1) is 6.10 Å². The summed E-state index contributed by atoms with van der Waals surface area (Å²) in [4.78, 5) is 23.1. The number of rotatable bonds is 4. The second-order valence-electron chi connectivity index (χ2n) is 4.92. The van der Waals surface area contributed by atoms with E-state index in [2.05, 4.69) is 0 Å². The molecule has 0 unspecified atom stereocenters. The molecule has 0 aromatic heterocycles. The van der Waals surface area contributed by atoms with Gasteiger partial charge in [-0.3, -0.25) is 4.79 Å². The Morgan fingerprint density at radius 3 is 2.84 bits per heavy atom. The highest BCUT2D eigenvalue weighted by Crippen LogP contribution is 2.25. The zero-order valence-corrected chi connectivity index (χ0v) is 11.3. The minimum absolute atomic E-state index is 0.134. The van der Waals surface area contributed by atoms with Crippen LogP contribution < -0.4 is 4.74 Å². The molecule has 0 spiro atoms. The first-order chi connectivity index (χ1) is 9.06. The number of carbonyl (C=O) groups excluding carboxylic acids is 2. The molecule has 19 heavy (non-hydrogen) atoms. The molecule has 0 saturated heterocycles. The van der Waals surface area contributed by atoms with E-state index in [0.29, 0.717) is 12.2 Å². The van der Waals surface area contributed by atoms with Gasteiger partial charge in [0.2, 0.25) is 0 Å². The molecule has 4 heteroatoms. The molecule has 0 radical (unpaired) electrons. The molecule has 0 N–H and O–H groups in total. The lowest BCUT2D eigenvalue weighted by Gasteiger charge is -2.16. The largest absolute Gasteiger partial charge is 0.482 e. The van der Waals surface area contributed by atoms with Crippen molar-refractivity contribution in [3.05, 3.63) is 29.3 Å². The summed E-state index contributed by atoms with van der Waals surface area (Å²) in [6.07, 6.45) is 2.27. The van der Waals surface area contributed by atoms with Crippen LogP contribution in [0.25, 0.3) is 0 Å². The maximum Gasteiger partial charge on any atom is 0.344 e. The van der Waals surface area contributed by atoms with Gasteiger partial charge in [-0.1, -0.05) is 6.07 Å². The van der Waals surface area contributed by atoms with Gasteiger partial charge in [-0.05, 0) is 44.4 Å².